The van der Waals surface area contributed by atoms with Gasteiger partial charge in [0, 0.05) is 5.56 Å². The van der Waals surface area contributed by atoms with Crippen LogP contribution in [-0.2, 0) is 6.18 Å². The van der Waals surface area contributed by atoms with Crippen LogP contribution in [0.15, 0.2) is 48.5 Å². The van der Waals surface area contributed by atoms with Crippen LogP contribution in [0.25, 0.3) is 11.3 Å². The third-order valence-corrected chi connectivity index (χ3v) is 3.16. The summed E-state index contributed by atoms with van der Waals surface area (Å²) in [5.74, 6) is 0.376. The highest BCUT2D eigenvalue weighted by Gasteiger charge is 2.30. The lowest BCUT2D eigenvalue weighted by Crippen LogP contribution is -2.04. The monoisotopic (exact) mass is 330 g/mol. The van der Waals surface area contributed by atoms with Crippen LogP contribution in [0.3, 0.4) is 0 Å². The molecule has 0 bridgehead atoms. The number of benzene rings is 2. The summed E-state index contributed by atoms with van der Waals surface area (Å²) >= 11 is 0. The second-order valence-electron chi connectivity index (χ2n) is 4.80. The van der Waals surface area contributed by atoms with E-state index in [0.717, 1.165) is 12.1 Å². The number of alkyl halides is 3. The van der Waals surface area contributed by atoms with Crippen molar-refractivity contribution < 1.29 is 17.9 Å². The smallest absolute Gasteiger partial charge is 0.416 e. The molecule has 1 aromatic heterocycles. The highest BCUT2D eigenvalue weighted by molar-refractivity contribution is 5.65. The van der Waals surface area contributed by atoms with Crippen molar-refractivity contribution in [2.45, 2.75) is 6.18 Å². The summed E-state index contributed by atoms with van der Waals surface area (Å²) in [7, 11) is 0. The molecule has 0 spiro atoms. The molecule has 0 radical (unpaired) electrons. The first-order valence-electron chi connectivity index (χ1n) is 6.74. The number of aromatic amines is 1. The number of nitrogens with one attached hydrogen (secondary N) is 1. The highest BCUT2D eigenvalue weighted by Crippen LogP contribution is 2.33. The third kappa shape index (κ3) is 3.20. The molecule has 120 valence electrons. The first-order chi connectivity index (χ1) is 11.5. The Kier molecular flexibility index (Phi) is 3.92. The summed E-state index contributed by atoms with van der Waals surface area (Å²) in [6.07, 6.45) is -4.44. The Bertz CT molecular complexity index is 912. The van der Waals surface area contributed by atoms with Gasteiger partial charge < -0.3 is 4.74 Å². The van der Waals surface area contributed by atoms with Gasteiger partial charge in [-0.05, 0) is 30.3 Å². The summed E-state index contributed by atoms with van der Waals surface area (Å²) in [4.78, 5) is 0. The van der Waals surface area contributed by atoms with Crippen molar-refractivity contribution in [3.8, 4) is 28.8 Å². The van der Waals surface area contributed by atoms with Crippen LogP contribution >= 0.6 is 0 Å². The van der Waals surface area contributed by atoms with E-state index in [2.05, 4.69) is 15.4 Å². The molecule has 3 rings (SSSR count). The summed E-state index contributed by atoms with van der Waals surface area (Å²) < 4.78 is 43.7. The molecule has 0 amide bonds. The van der Waals surface area contributed by atoms with E-state index in [1.807, 2.05) is 6.07 Å². The molecular weight excluding hydrogens is 321 g/mol. The lowest BCUT2D eigenvalue weighted by Gasteiger charge is -2.10. The number of nitriles is 1. The zero-order valence-electron chi connectivity index (χ0n) is 12.0. The Hall–Kier alpha value is -3.34. The molecule has 0 fully saturated rings. The van der Waals surface area contributed by atoms with Gasteiger partial charge in [0.05, 0.1) is 5.56 Å². The maximum absolute atomic E-state index is 12.7. The molecule has 0 atom stereocenters. The van der Waals surface area contributed by atoms with Crippen molar-refractivity contribution in [3.05, 3.63) is 59.8 Å². The number of H-pyrrole nitrogens is 1. The van der Waals surface area contributed by atoms with Gasteiger partial charge in [0.15, 0.2) is 5.69 Å². The van der Waals surface area contributed by atoms with E-state index in [4.69, 9.17) is 10.00 Å². The fourth-order valence-corrected chi connectivity index (χ4v) is 2.09. The fraction of sp³-hybridized carbons (Fsp3) is 0.0625. The molecule has 0 aliphatic carbocycles. The number of nitrogens with zero attached hydrogens (tertiary/aromatic N) is 3. The number of ether oxygens (including phenoxy) is 1. The van der Waals surface area contributed by atoms with E-state index in [9.17, 15) is 13.2 Å². The molecule has 0 unspecified atom stereocenters. The molecule has 2 aromatic carbocycles. The summed E-state index contributed by atoms with van der Waals surface area (Å²) in [6.45, 7) is 0. The number of hydrogen-bond donors (Lipinski definition) is 1. The van der Waals surface area contributed by atoms with Gasteiger partial charge in [-0.25, -0.2) is 5.10 Å². The van der Waals surface area contributed by atoms with Crippen LogP contribution in [0.2, 0.25) is 0 Å². The topological polar surface area (TPSA) is 74.6 Å². The maximum Gasteiger partial charge on any atom is 0.416 e. The molecule has 0 aliphatic rings. The minimum absolute atomic E-state index is 0.0580. The average molecular weight is 330 g/mol. The predicted molar refractivity (Wildman–Crippen MR) is 78.1 cm³/mol. The van der Waals surface area contributed by atoms with Gasteiger partial charge in [-0.1, -0.05) is 23.4 Å². The number of aromatic nitrogens is 3. The van der Waals surface area contributed by atoms with Gasteiger partial charge in [0.1, 0.15) is 23.3 Å². The molecule has 24 heavy (non-hydrogen) atoms. The van der Waals surface area contributed by atoms with Crippen LogP contribution in [0, 0.1) is 11.3 Å². The average Bonchev–Trinajstić information content (AvgIpc) is 3.03. The maximum atomic E-state index is 12.7. The highest BCUT2D eigenvalue weighted by atomic mass is 19.4. The Morgan fingerprint density at radius 3 is 2.46 bits per heavy atom. The Labute approximate surface area is 134 Å². The van der Waals surface area contributed by atoms with Gasteiger partial charge in [-0.3, -0.25) is 0 Å². The largest absolute Gasteiger partial charge is 0.457 e. The SMILES string of the molecule is N#Cc1[nH]nnc1-c1cccc(Oc2cccc(C(F)(F)F)c2)c1. The van der Waals surface area contributed by atoms with Gasteiger partial charge >= 0.3 is 6.18 Å². The normalized spacial score (nSPS) is 11.1. The second-order valence-corrected chi connectivity index (χ2v) is 4.80. The Morgan fingerprint density at radius 1 is 1.04 bits per heavy atom. The Balaban J connectivity index is 1.90. The van der Waals surface area contributed by atoms with Crippen LogP contribution in [0.1, 0.15) is 11.3 Å². The van der Waals surface area contributed by atoms with Crippen LogP contribution in [-0.4, -0.2) is 15.4 Å². The first-order valence-corrected chi connectivity index (χ1v) is 6.74. The standard InChI is InChI=1S/C16H9F3N4O/c17-16(18,19)11-4-2-6-13(8-11)24-12-5-1-3-10(7-12)15-14(9-20)21-23-22-15/h1-8H,(H,21,22,23). The van der Waals surface area contributed by atoms with Crippen LogP contribution in [0.5, 0.6) is 11.5 Å². The van der Waals surface area contributed by atoms with E-state index >= 15 is 0 Å². The van der Waals surface area contributed by atoms with E-state index in [0.29, 0.717) is 17.0 Å². The molecular formula is C16H9F3N4O. The predicted octanol–water partition coefficient (Wildman–Crippen LogP) is 4.15. The van der Waals surface area contributed by atoms with Gasteiger partial charge in [-0.2, -0.15) is 18.4 Å². The molecule has 5 nitrogen and oxygen atoms in total. The first kappa shape index (κ1) is 15.6. The van der Waals surface area contributed by atoms with E-state index in [-0.39, 0.29) is 11.4 Å². The molecule has 1 heterocycles. The van der Waals surface area contributed by atoms with E-state index < -0.39 is 11.7 Å². The molecule has 1 N–H and O–H groups in total. The summed E-state index contributed by atoms with van der Waals surface area (Å²) in [6, 6.07) is 13.0. The van der Waals surface area contributed by atoms with Crippen molar-refractivity contribution in [2.75, 3.05) is 0 Å². The molecule has 3 aromatic rings. The minimum atomic E-state index is -4.44. The van der Waals surface area contributed by atoms with Gasteiger partial charge in [0.25, 0.3) is 0 Å². The zero-order valence-corrected chi connectivity index (χ0v) is 12.0. The quantitative estimate of drug-likeness (QED) is 0.782. The van der Waals surface area contributed by atoms with Gasteiger partial charge in [0.2, 0.25) is 0 Å². The van der Waals surface area contributed by atoms with Gasteiger partial charge in [-0.15, -0.1) is 5.10 Å². The zero-order chi connectivity index (χ0) is 17.2. The molecule has 0 aliphatic heterocycles. The molecule has 0 saturated carbocycles. The number of hydrogen-bond acceptors (Lipinski definition) is 4. The molecule has 0 saturated heterocycles. The van der Waals surface area contributed by atoms with Crippen molar-refractivity contribution >= 4 is 0 Å². The van der Waals surface area contributed by atoms with Crippen molar-refractivity contribution in [3.63, 3.8) is 0 Å². The second kappa shape index (κ2) is 6.04. The summed E-state index contributed by atoms with van der Waals surface area (Å²) in [5, 5.41) is 18.8. The minimum Gasteiger partial charge on any atom is -0.457 e. The third-order valence-electron chi connectivity index (χ3n) is 3.16. The van der Waals surface area contributed by atoms with Crippen molar-refractivity contribution in [2.24, 2.45) is 0 Å². The van der Waals surface area contributed by atoms with Crippen molar-refractivity contribution in [1.29, 1.82) is 5.26 Å². The van der Waals surface area contributed by atoms with Crippen LogP contribution < -0.4 is 4.74 Å². The van der Waals surface area contributed by atoms with E-state index in [1.165, 1.54) is 12.1 Å². The summed E-state index contributed by atoms with van der Waals surface area (Å²) in [5.41, 5.74) is 0.294. The fourth-order valence-electron chi connectivity index (χ4n) is 2.09. The van der Waals surface area contributed by atoms with E-state index in [1.54, 1.807) is 24.3 Å². The molecule has 8 heteroatoms. The number of rotatable bonds is 3. The Morgan fingerprint density at radius 2 is 1.75 bits per heavy atom. The van der Waals surface area contributed by atoms with Crippen molar-refractivity contribution in [1.82, 2.24) is 15.4 Å². The lowest BCUT2D eigenvalue weighted by molar-refractivity contribution is -0.137. The lowest BCUT2D eigenvalue weighted by atomic mass is 10.1. The number of halogens is 3. The van der Waals surface area contributed by atoms with Crippen LogP contribution in [0.4, 0.5) is 13.2 Å².